The highest BCUT2D eigenvalue weighted by atomic mass is 35.5. The van der Waals surface area contributed by atoms with E-state index < -0.39 is 0 Å². The van der Waals surface area contributed by atoms with Crippen LogP contribution in [-0.4, -0.2) is 27.9 Å². The van der Waals surface area contributed by atoms with Gasteiger partial charge in [-0.15, -0.1) is 10.2 Å². The molecule has 1 aromatic carbocycles. The van der Waals surface area contributed by atoms with Gasteiger partial charge in [0.25, 0.3) is 5.22 Å². The third kappa shape index (κ3) is 4.51. The van der Waals surface area contributed by atoms with E-state index in [0.717, 1.165) is 12.0 Å². The molecule has 1 saturated carbocycles. The Balaban J connectivity index is 1.51. The number of rotatable bonds is 5. The quantitative estimate of drug-likeness (QED) is 0.805. The van der Waals surface area contributed by atoms with Crippen molar-refractivity contribution >= 4 is 29.3 Å². The minimum Gasteiger partial charge on any atom is -0.411 e. The number of amides is 1. The Bertz CT molecular complexity index is 689. The van der Waals surface area contributed by atoms with Gasteiger partial charge in [0.15, 0.2) is 0 Å². The van der Waals surface area contributed by atoms with Crippen LogP contribution in [0.15, 0.2) is 33.9 Å². The van der Waals surface area contributed by atoms with Gasteiger partial charge in [-0.25, -0.2) is 0 Å². The zero-order valence-corrected chi connectivity index (χ0v) is 15.1. The molecule has 2 atom stereocenters. The van der Waals surface area contributed by atoms with Crippen LogP contribution < -0.4 is 5.32 Å². The third-order valence-corrected chi connectivity index (χ3v) is 5.35. The van der Waals surface area contributed by atoms with Crippen LogP contribution >= 0.6 is 23.4 Å². The van der Waals surface area contributed by atoms with Crippen LogP contribution in [0.2, 0.25) is 5.02 Å². The summed E-state index contributed by atoms with van der Waals surface area (Å²) in [5.74, 6) is 1.28. The second kappa shape index (κ2) is 8.03. The average molecular weight is 366 g/mol. The maximum Gasteiger partial charge on any atom is 0.277 e. The van der Waals surface area contributed by atoms with Crippen molar-refractivity contribution in [2.75, 3.05) is 5.75 Å². The lowest BCUT2D eigenvalue weighted by atomic mass is 9.86. The summed E-state index contributed by atoms with van der Waals surface area (Å²) in [5, 5.41) is 12.2. The number of nitrogens with zero attached hydrogens (tertiary/aromatic N) is 2. The van der Waals surface area contributed by atoms with E-state index in [1.807, 2.05) is 12.1 Å². The molecule has 5 nitrogen and oxygen atoms in total. The smallest absolute Gasteiger partial charge is 0.277 e. The van der Waals surface area contributed by atoms with Crippen molar-refractivity contribution in [3.05, 3.63) is 29.3 Å². The molecule has 1 aliphatic rings. The number of carbonyl (C=O) groups excluding carboxylic acids is 1. The molecular formula is C17H20ClN3O2S. The molecule has 1 aliphatic carbocycles. The van der Waals surface area contributed by atoms with E-state index in [1.54, 1.807) is 12.1 Å². The molecule has 128 valence electrons. The monoisotopic (exact) mass is 365 g/mol. The van der Waals surface area contributed by atoms with Crippen molar-refractivity contribution in [1.29, 1.82) is 0 Å². The number of thioether (sulfide) groups is 1. The lowest BCUT2D eigenvalue weighted by Gasteiger charge is -2.29. The van der Waals surface area contributed by atoms with Crippen LogP contribution in [0.3, 0.4) is 0 Å². The standard InChI is InChI=1S/C17H20ClN3O2S/c1-11-4-2-3-5-14(11)19-15(22)10-24-17-21-20-16(23-17)12-6-8-13(18)9-7-12/h6-9,11,14H,2-5,10H2,1H3,(H,19,22). The van der Waals surface area contributed by atoms with E-state index in [9.17, 15) is 4.79 Å². The van der Waals surface area contributed by atoms with E-state index in [0.29, 0.717) is 28.1 Å². The highest BCUT2D eigenvalue weighted by Crippen LogP contribution is 2.26. The molecule has 1 fully saturated rings. The zero-order valence-electron chi connectivity index (χ0n) is 13.5. The second-order valence-corrected chi connectivity index (χ2v) is 7.47. The van der Waals surface area contributed by atoms with Crippen LogP contribution in [-0.2, 0) is 4.79 Å². The van der Waals surface area contributed by atoms with Gasteiger partial charge in [-0.05, 0) is 43.0 Å². The molecule has 1 N–H and O–H groups in total. The number of carbonyl (C=O) groups is 1. The van der Waals surface area contributed by atoms with Crippen molar-refractivity contribution < 1.29 is 9.21 Å². The van der Waals surface area contributed by atoms with Crippen LogP contribution in [0, 0.1) is 5.92 Å². The molecule has 2 aromatic rings. The van der Waals surface area contributed by atoms with Crippen LogP contribution in [0.4, 0.5) is 0 Å². The summed E-state index contributed by atoms with van der Waals surface area (Å²) in [5.41, 5.74) is 0.805. The summed E-state index contributed by atoms with van der Waals surface area (Å²) < 4.78 is 5.59. The molecule has 0 spiro atoms. The fourth-order valence-electron chi connectivity index (χ4n) is 2.88. The Kier molecular flexibility index (Phi) is 5.79. The van der Waals surface area contributed by atoms with E-state index >= 15 is 0 Å². The summed E-state index contributed by atoms with van der Waals surface area (Å²) in [6, 6.07) is 7.47. The SMILES string of the molecule is CC1CCCCC1NC(=O)CSc1nnc(-c2ccc(Cl)cc2)o1. The molecule has 0 aliphatic heterocycles. The number of hydrogen-bond acceptors (Lipinski definition) is 5. The Labute approximate surface area is 150 Å². The van der Waals surface area contributed by atoms with Gasteiger partial charge in [0.1, 0.15) is 0 Å². The van der Waals surface area contributed by atoms with Gasteiger partial charge < -0.3 is 9.73 Å². The number of aromatic nitrogens is 2. The predicted octanol–water partition coefficient (Wildman–Crippen LogP) is 4.18. The van der Waals surface area contributed by atoms with Crippen molar-refractivity contribution in [3.8, 4) is 11.5 Å². The van der Waals surface area contributed by atoms with Gasteiger partial charge >= 0.3 is 0 Å². The minimum absolute atomic E-state index is 0.0185. The Hall–Kier alpha value is -1.53. The minimum atomic E-state index is 0.0185. The highest BCUT2D eigenvalue weighted by molar-refractivity contribution is 7.99. The second-order valence-electron chi connectivity index (χ2n) is 6.10. The summed E-state index contributed by atoms with van der Waals surface area (Å²) in [4.78, 5) is 12.1. The molecule has 2 unspecified atom stereocenters. The van der Waals surface area contributed by atoms with Gasteiger partial charge in [0.2, 0.25) is 11.8 Å². The zero-order chi connectivity index (χ0) is 16.9. The Morgan fingerprint density at radius 2 is 2.04 bits per heavy atom. The molecule has 1 amide bonds. The first-order valence-corrected chi connectivity index (χ1v) is 9.50. The Morgan fingerprint density at radius 1 is 1.29 bits per heavy atom. The molecule has 3 rings (SSSR count). The first kappa shape index (κ1) is 17.3. The van der Waals surface area contributed by atoms with Crippen molar-refractivity contribution in [3.63, 3.8) is 0 Å². The maximum absolute atomic E-state index is 12.1. The predicted molar refractivity (Wildman–Crippen MR) is 95.0 cm³/mol. The van der Waals surface area contributed by atoms with Crippen LogP contribution in [0.5, 0.6) is 0 Å². The van der Waals surface area contributed by atoms with Gasteiger partial charge in [-0.3, -0.25) is 4.79 Å². The molecule has 0 bridgehead atoms. The summed E-state index contributed by atoms with van der Waals surface area (Å²) in [6.45, 7) is 2.20. The lowest BCUT2D eigenvalue weighted by Crippen LogP contribution is -2.41. The first-order chi connectivity index (χ1) is 11.6. The average Bonchev–Trinajstić information content (AvgIpc) is 3.05. The van der Waals surface area contributed by atoms with E-state index in [2.05, 4.69) is 22.4 Å². The first-order valence-electron chi connectivity index (χ1n) is 8.13. The number of nitrogens with one attached hydrogen (secondary N) is 1. The molecule has 0 saturated heterocycles. The fraction of sp³-hybridized carbons (Fsp3) is 0.471. The highest BCUT2D eigenvalue weighted by Gasteiger charge is 2.23. The number of benzene rings is 1. The van der Waals surface area contributed by atoms with E-state index in [1.165, 1.54) is 31.0 Å². The topological polar surface area (TPSA) is 68.0 Å². The summed E-state index contributed by atoms with van der Waals surface area (Å²) in [7, 11) is 0. The molecule has 1 heterocycles. The van der Waals surface area contributed by atoms with E-state index in [-0.39, 0.29) is 11.7 Å². The van der Waals surface area contributed by atoms with Gasteiger partial charge in [-0.1, -0.05) is 43.1 Å². The van der Waals surface area contributed by atoms with Crippen LogP contribution in [0.1, 0.15) is 32.6 Å². The Morgan fingerprint density at radius 3 is 2.79 bits per heavy atom. The molecule has 24 heavy (non-hydrogen) atoms. The van der Waals surface area contributed by atoms with Crippen molar-refractivity contribution in [2.24, 2.45) is 5.92 Å². The maximum atomic E-state index is 12.1. The largest absolute Gasteiger partial charge is 0.411 e. The fourth-order valence-corrected chi connectivity index (χ4v) is 3.58. The number of hydrogen-bond donors (Lipinski definition) is 1. The molecule has 7 heteroatoms. The third-order valence-electron chi connectivity index (χ3n) is 4.28. The molecular weight excluding hydrogens is 346 g/mol. The van der Waals surface area contributed by atoms with Gasteiger partial charge in [0.05, 0.1) is 5.75 Å². The normalized spacial score (nSPS) is 20.8. The van der Waals surface area contributed by atoms with Gasteiger partial charge in [-0.2, -0.15) is 0 Å². The number of halogens is 1. The summed E-state index contributed by atoms with van der Waals surface area (Å²) >= 11 is 7.12. The van der Waals surface area contributed by atoms with Gasteiger partial charge in [0, 0.05) is 16.6 Å². The van der Waals surface area contributed by atoms with E-state index in [4.69, 9.17) is 16.0 Å². The summed E-state index contributed by atoms with van der Waals surface area (Å²) in [6.07, 6.45) is 4.71. The molecule has 0 radical (unpaired) electrons. The van der Waals surface area contributed by atoms with Crippen LogP contribution in [0.25, 0.3) is 11.5 Å². The van der Waals surface area contributed by atoms with Crippen molar-refractivity contribution in [2.45, 2.75) is 43.9 Å². The molecule has 1 aromatic heterocycles. The van der Waals surface area contributed by atoms with Crippen molar-refractivity contribution in [1.82, 2.24) is 15.5 Å². The lowest BCUT2D eigenvalue weighted by molar-refractivity contribution is -0.119.